The van der Waals surface area contributed by atoms with Crippen molar-refractivity contribution in [1.82, 2.24) is 4.90 Å². The lowest BCUT2D eigenvalue weighted by Gasteiger charge is -2.33. The Morgan fingerprint density at radius 1 is 1.17 bits per heavy atom. The lowest BCUT2D eigenvalue weighted by Crippen LogP contribution is -2.47. The summed E-state index contributed by atoms with van der Waals surface area (Å²) in [6, 6.07) is 6.44. The van der Waals surface area contributed by atoms with E-state index < -0.39 is 23.7 Å². The molecular formula is C18H27NO5. The van der Waals surface area contributed by atoms with E-state index >= 15 is 0 Å². The minimum Gasteiger partial charge on any atom is -0.480 e. The molecular weight excluding hydrogens is 310 g/mol. The molecule has 0 aliphatic carbocycles. The van der Waals surface area contributed by atoms with E-state index in [1.165, 1.54) is 26.0 Å². The van der Waals surface area contributed by atoms with Crippen molar-refractivity contribution in [2.45, 2.75) is 46.6 Å². The van der Waals surface area contributed by atoms with Crippen molar-refractivity contribution < 1.29 is 24.2 Å². The Balaban J connectivity index is 3.25. The summed E-state index contributed by atoms with van der Waals surface area (Å²) in [5, 5.41) is 9.37. The normalized spacial score (nSPS) is 13.0. The van der Waals surface area contributed by atoms with Gasteiger partial charge in [0, 0.05) is 31.7 Å². The number of aliphatic carboxylic acids is 1. The average molecular weight is 337 g/mol. The first kappa shape index (κ1) is 20.1. The van der Waals surface area contributed by atoms with Crippen molar-refractivity contribution in [3.8, 4) is 0 Å². The van der Waals surface area contributed by atoms with Crippen LogP contribution in [-0.2, 0) is 25.6 Å². The Labute approximate surface area is 143 Å². The zero-order valence-corrected chi connectivity index (χ0v) is 15.2. The second-order valence-corrected chi connectivity index (χ2v) is 6.70. The number of carbonyl (C=O) groups is 2. The van der Waals surface area contributed by atoms with Crippen molar-refractivity contribution in [3.05, 3.63) is 35.4 Å². The third kappa shape index (κ3) is 4.79. The molecule has 134 valence electrons. The summed E-state index contributed by atoms with van der Waals surface area (Å²) >= 11 is 0. The van der Waals surface area contributed by atoms with Crippen LogP contribution < -0.4 is 0 Å². The number of rotatable bonds is 7. The van der Waals surface area contributed by atoms with E-state index in [0.29, 0.717) is 0 Å². The van der Waals surface area contributed by atoms with Crippen LogP contribution in [0.15, 0.2) is 24.3 Å². The predicted molar refractivity (Wildman–Crippen MR) is 90.3 cm³/mol. The van der Waals surface area contributed by atoms with E-state index in [4.69, 9.17) is 9.47 Å². The van der Waals surface area contributed by atoms with Crippen molar-refractivity contribution >= 4 is 11.9 Å². The molecule has 0 fully saturated rings. The van der Waals surface area contributed by atoms with Crippen molar-refractivity contribution in [2.75, 3.05) is 14.2 Å². The van der Waals surface area contributed by atoms with E-state index in [2.05, 4.69) is 0 Å². The number of carbonyl (C=O) groups excluding carboxylic acids is 1. The Morgan fingerprint density at radius 3 is 2.17 bits per heavy atom. The van der Waals surface area contributed by atoms with Gasteiger partial charge in [-0.3, -0.25) is 4.79 Å². The maximum Gasteiger partial charge on any atom is 0.326 e. The average Bonchev–Trinajstić information content (AvgIpc) is 2.52. The van der Waals surface area contributed by atoms with Gasteiger partial charge in [-0.05, 0) is 12.5 Å². The summed E-state index contributed by atoms with van der Waals surface area (Å²) in [5.74, 6) is -1.27. The van der Waals surface area contributed by atoms with Crippen LogP contribution in [0.3, 0.4) is 0 Å². The van der Waals surface area contributed by atoms with Crippen LogP contribution in [0.4, 0.5) is 0 Å². The van der Waals surface area contributed by atoms with Gasteiger partial charge in [0.1, 0.15) is 6.04 Å². The second-order valence-electron chi connectivity index (χ2n) is 6.70. The molecule has 1 aromatic rings. The number of carboxylic acids is 1. The zero-order chi connectivity index (χ0) is 18.5. The fraction of sp³-hybridized carbons (Fsp3) is 0.556. The van der Waals surface area contributed by atoms with Gasteiger partial charge in [0.15, 0.2) is 6.29 Å². The van der Waals surface area contributed by atoms with Crippen molar-refractivity contribution in [1.29, 1.82) is 0 Å². The van der Waals surface area contributed by atoms with Crippen LogP contribution in [0.2, 0.25) is 0 Å². The molecule has 1 unspecified atom stereocenters. The molecule has 0 aromatic heterocycles. The number of methoxy groups -OCH3 is 2. The molecule has 0 radical (unpaired) electrons. The number of hydrogen-bond acceptors (Lipinski definition) is 4. The highest BCUT2D eigenvalue weighted by atomic mass is 16.7. The van der Waals surface area contributed by atoms with E-state index in [1.54, 1.807) is 20.8 Å². The van der Waals surface area contributed by atoms with Crippen LogP contribution >= 0.6 is 0 Å². The van der Waals surface area contributed by atoms with Crippen LogP contribution in [0.25, 0.3) is 0 Å². The van der Waals surface area contributed by atoms with Gasteiger partial charge < -0.3 is 19.5 Å². The summed E-state index contributed by atoms with van der Waals surface area (Å²) < 4.78 is 10.6. The Morgan fingerprint density at radius 2 is 1.71 bits per heavy atom. The Bertz CT molecular complexity index is 575. The van der Waals surface area contributed by atoms with Crippen LogP contribution in [-0.4, -0.2) is 42.1 Å². The molecule has 0 bridgehead atoms. The summed E-state index contributed by atoms with van der Waals surface area (Å²) in [6.07, 6.45) is -0.576. The molecule has 24 heavy (non-hydrogen) atoms. The van der Waals surface area contributed by atoms with Gasteiger partial charge in [-0.2, -0.15) is 0 Å². The van der Waals surface area contributed by atoms with Gasteiger partial charge in [0.05, 0.1) is 0 Å². The highest BCUT2D eigenvalue weighted by Crippen LogP contribution is 2.26. The quantitative estimate of drug-likeness (QED) is 0.774. The van der Waals surface area contributed by atoms with Gasteiger partial charge in [-0.1, -0.05) is 45.0 Å². The van der Waals surface area contributed by atoms with Gasteiger partial charge in [0.25, 0.3) is 0 Å². The molecule has 1 aromatic carbocycles. The first-order chi connectivity index (χ1) is 11.1. The molecule has 1 rings (SSSR count). The summed E-state index contributed by atoms with van der Waals surface area (Å²) in [5.41, 5.74) is 0.879. The molecule has 0 spiro atoms. The SMILES string of the molecule is COC(OC)c1ccccc1CN(C(=O)C(C)(C)C)C(C)C(=O)O. The van der Waals surface area contributed by atoms with Gasteiger partial charge in [-0.15, -0.1) is 0 Å². The largest absolute Gasteiger partial charge is 0.480 e. The van der Waals surface area contributed by atoms with Crippen molar-refractivity contribution in [3.63, 3.8) is 0 Å². The monoisotopic (exact) mass is 337 g/mol. The van der Waals surface area contributed by atoms with Crippen LogP contribution in [0, 0.1) is 5.41 Å². The fourth-order valence-corrected chi connectivity index (χ4v) is 2.39. The summed E-state index contributed by atoms with van der Waals surface area (Å²) in [6.45, 7) is 7.00. The highest BCUT2D eigenvalue weighted by molar-refractivity contribution is 5.86. The number of nitrogens with zero attached hydrogens (tertiary/aromatic N) is 1. The van der Waals surface area contributed by atoms with Crippen LogP contribution in [0.1, 0.15) is 45.1 Å². The lowest BCUT2D eigenvalue weighted by atomic mass is 9.93. The number of hydrogen-bond donors (Lipinski definition) is 1. The molecule has 0 heterocycles. The minimum atomic E-state index is -1.04. The molecule has 0 aliphatic heterocycles. The highest BCUT2D eigenvalue weighted by Gasteiger charge is 2.33. The molecule has 1 amide bonds. The van der Waals surface area contributed by atoms with Gasteiger partial charge in [-0.25, -0.2) is 4.79 Å². The van der Waals surface area contributed by atoms with E-state index in [0.717, 1.165) is 11.1 Å². The maximum atomic E-state index is 12.7. The zero-order valence-electron chi connectivity index (χ0n) is 15.2. The molecule has 0 saturated carbocycles. The molecule has 6 nitrogen and oxygen atoms in total. The molecule has 0 aliphatic rings. The maximum absolute atomic E-state index is 12.7. The molecule has 1 N–H and O–H groups in total. The number of ether oxygens (including phenoxy) is 2. The fourth-order valence-electron chi connectivity index (χ4n) is 2.39. The van der Waals surface area contributed by atoms with Gasteiger partial charge in [0.2, 0.25) is 5.91 Å². The van der Waals surface area contributed by atoms with E-state index in [1.807, 2.05) is 24.3 Å². The third-order valence-electron chi connectivity index (χ3n) is 3.81. The summed E-state index contributed by atoms with van der Waals surface area (Å²) in [7, 11) is 3.06. The molecule has 6 heteroatoms. The summed E-state index contributed by atoms with van der Waals surface area (Å²) in [4.78, 5) is 25.6. The van der Waals surface area contributed by atoms with E-state index in [-0.39, 0.29) is 12.5 Å². The molecule has 0 saturated heterocycles. The Kier molecular flexibility index (Phi) is 6.93. The Hall–Kier alpha value is -1.92. The standard InChI is InChI=1S/C18H27NO5/c1-12(15(20)21)19(17(22)18(2,3)4)11-13-9-7-8-10-14(13)16(23-5)24-6/h7-10,12,16H,11H2,1-6H3,(H,20,21). The predicted octanol–water partition coefficient (Wildman–Crippen LogP) is 2.83. The number of amides is 1. The topological polar surface area (TPSA) is 76.1 Å². The second kappa shape index (κ2) is 8.26. The first-order valence-corrected chi connectivity index (χ1v) is 7.80. The molecule has 1 atom stereocenters. The number of benzene rings is 1. The van der Waals surface area contributed by atoms with Crippen LogP contribution in [0.5, 0.6) is 0 Å². The number of carboxylic acid groups (broad SMARTS) is 1. The van der Waals surface area contributed by atoms with Gasteiger partial charge >= 0.3 is 5.97 Å². The van der Waals surface area contributed by atoms with Crippen molar-refractivity contribution in [2.24, 2.45) is 5.41 Å². The lowest BCUT2D eigenvalue weighted by molar-refractivity contribution is -0.154. The van der Waals surface area contributed by atoms with E-state index in [9.17, 15) is 14.7 Å². The minimum absolute atomic E-state index is 0.170. The third-order valence-corrected chi connectivity index (χ3v) is 3.81. The first-order valence-electron chi connectivity index (χ1n) is 7.80. The smallest absolute Gasteiger partial charge is 0.326 e.